The molecule has 5 nitrogen and oxygen atoms in total. The predicted molar refractivity (Wildman–Crippen MR) is 107 cm³/mol. The van der Waals surface area contributed by atoms with Crippen molar-refractivity contribution < 1.29 is 9.59 Å². The molecule has 1 aromatic rings. The molecule has 1 atom stereocenters. The molecule has 0 aromatic heterocycles. The third kappa shape index (κ3) is 6.52. The number of carbonyl (C=O) groups excluding carboxylic acids is 2. The number of unbranched alkanes of at least 4 members (excludes halogenated alkanes) is 1. The summed E-state index contributed by atoms with van der Waals surface area (Å²) in [6.45, 7) is 4.44. The first kappa shape index (κ1) is 20.6. The molecule has 26 heavy (non-hydrogen) atoms. The highest BCUT2D eigenvalue weighted by molar-refractivity contribution is 6.30. The SMILES string of the molecule is CCCCN(C)C(=O)CC[C@@H]1CCCN(C(=O)Nc2ccc(Cl)cc2)C1. The van der Waals surface area contributed by atoms with Gasteiger partial charge in [-0.3, -0.25) is 4.79 Å². The summed E-state index contributed by atoms with van der Waals surface area (Å²) in [5.74, 6) is 0.601. The standard InChI is InChI=1S/C20H30ClN3O2/c1-3-4-13-23(2)19(25)12-7-16-6-5-14-24(15-16)20(26)22-18-10-8-17(21)9-11-18/h8-11,16H,3-7,12-15H2,1-2H3,(H,22,26)/t16-/m0/s1. The summed E-state index contributed by atoms with van der Waals surface area (Å²) < 4.78 is 0. The first-order chi connectivity index (χ1) is 12.5. The van der Waals surface area contributed by atoms with Gasteiger partial charge in [-0.05, 0) is 55.9 Å². The van der Waals surface area contributed by atoms with Crippen molar-refractivity contribution >= 4 is 29.2 Å². The van der Waals surface area contributed by atoms with E-state index in [9.17, 15) is 9.59 Å². The Hall–Kier alpha value is -1.75. The highest BCUT2D eigenvalue weighted by Crippen LogP contribution is 2.22. The van der Waals surface area contributed by atoms with Gasteiger partial charge in [0.05, 0.1) is 0 Å². The number of nitrogens with zero attached hydrogens (tertiary/aromatic N) is 2. The lowest BCUT2D eigenvalue weighted by Gasteiger charge is -2.33. The lowest BCUT2D eigenvalue weighted by atomic mass is 9.93. The molecule has 0 aliphatic carbocycles. The molecular weight excluding hydrogens is 350 g/mol. The molecule has 1 aromatic carbocycles. The Morgan fingerprint density at radius 3 is 2.73 bits per heavy atom. The lowest BCUT2D eigenvalue weighted by Crippen LogP contribution is -2.42. The van der Waals surface area contributed by atoms with Gasteiger partial charge in [0.2, 0.25) is 5.91 Å². The maximum atomic E-state index is 12.5. The molecule has 6 heteroatoms. The van der Waals surface area contributed by atoms with E-state index in [0.29, 0.717) is 23.9 Å². The number of benzene rings is 1. The van der Waals surface area contributed by atoms with Crippen LogP contribution < -0.4 is 5.32 Å². The molecule has 1 fully saturated rings. The quantitative estimate of drug-likeness (QED) is 0.751. The van der Waals surface area contributed by atoms with Gasteiger partial charge in [-0.15, -0.1) is 0 Å². The fraction of sp³-hybridized carbons (Fsp3) is 0.600. The van der Waals surface area contributed by atoms with E-state index in [-0.39, 0.29) is 11.9 Å². The summed E-state index contributed by atoms with van der Waals surface area (Å²) in [6, 6.07) is 7.04. The average Bonchev–Trinajstić information content (AvgIpc) is 2.66. The van der Waals surface area contributed by atoms with Gasteiger partial charge in [0.1, 0.15) is 0 Å². The molecule has 0 radical (unpaired) electrons. The topological polar surface area (TPSA) is 52.7 Å². The molecule has 0 spiro atoms. The van der Waals surface area contributed by atoms with E-state index in [2.05, 4.69) is 12.2 Å². The molecule has 1 N–H and O–H groups in total. The van der Waals surface area contributed by atoms with E-state index >= 15 is 0 Å². The molecule has 0 saturated carbocycles. The van der Waals surface area contributed by atoms with Crippen molar-refractivity contribution in [3.05, 3.63) is 29.3 Å². The summed E-state index contributed by atoms with van der Waals surface area (Å²) in [6.07, 6.45) is 5.62. The first-order valence-electron chi connectivity index (χ1n) is 9.55. The van der Waals surface area contributed by atoms with Crippen molar-refractivity contribution in [2.45, 2.75) is 45.4 Å². The van der Waals surface area contributed by atoms with Crippen LogP contribution in [0.5, 0.6) is 0 Å². The van der Waals surface area contributed by atoms with Gasteiger partial charge in [-0.2, -0.15) is 0 Å². The van der Waals surface area contributed by atoms with Gasteiger partial charge in [0, 0.05) is 43.8 Å². The second-order valence-corrected chi connectivity index (χ2v) is 7.54. The smallest absolute Gasteiger partial charge is 0.321 e. The van der Waals surface area contributed by atoms with Crippen LogP contribution >= 0.6 is 11.6 Å². The molecule has 1 aliphatic heterocycles. The zero-order chi connectivity index (χ0) is 18.9. The Labute approximate surface area is 161 Å². The molecule has 1 aliphatic rings. The molecule has 2 rings (SSSR count). The Kier molecular flexibility index (Phi) is 8.23. The number of amides is 3. The minimum Gasteiger partial charge on any atom is -0.346 e. The van der Waals surface area contributed by atoms with Gasteiger partial charge in [-0.25, -0.2) is 4.79 Å². The molecule has 1 heterocycles. The van der Waals surface area contributed by atoms with Crippen LogP contribution in [0.4, 0.5) is 10.5 Å². The summed E-state index contributed by atoms with van der Waals surface area (Å²) in [5.41, 5.74) is 0.745. The van der Waals surface area contributed by atoms with Crippen molar-refractivity contribution in [1.29, 1.82) is 0 Å². The van der Waals surface area contributed by atoms with E-state index in [1.165, 1.54) is 0 Å². The third-order valence-corrected chi connectivity index (χ3v) is 5.19. The van der Waals surface area contributed by atoms with E-state index < -0.39 is 0 Å². The van der Waals surface area contributed by atoms with Crippen LogP contribution in [0.15, 0.2) is 24.3 Å². The minimum absolute atomic E-state index is 0.0802. The second kappa shape index (κ2) is 10.4. The number of hydrogen-bond donors (Lipinski definition) is 1. The summed E-state index contributed by atoms with van der Waals surface area (Å²) >= 11 is 5.87. The fourth-order valence-electron chi connectivity index (χ4n) is 3.26. The van der Waals surface area contributed by atoms with Crippen molar-refractivity contribution in [1.82, 2.24) is 9.80 Å². The summed E-state index contributed by atoms with van der Waals surface area (Å²) in [4.78, 5) is 28.4. The Balaban J connectivity index is 1.78. The van der Waals surface area contributed by atoms with Crippen LogP contribution in [-0.4, -0.2) is 48.4 Å². The number of nitrogens with one attached hydrogen (secondary N) is 1. The van der Waals surface area contributed by atoms with Crippen molar-refractivity contribution in [3.63, 3.8) is 0 Å². The normalized spacial score (nSPS) is 17.0. The largest absolute Gasteiger partial charge is 0.346 e. The molecule has 3 amide bonds. The highest BCUT2D eigenvalue weighted by Gasteiger charge is 2.24. The lowest BCUT2D eigenvalue weighted by molar-refractivity contribution is -0.130. The van der Waals surface area contributed by atoms with Crippen LogP contribution in [0.2, 0.25) is 5.02 Å². The summed E-state index contributed by atoms with van der Waals surface area (Å²) in [7, 11) is 1.88. The number of carbonyl (C=O) groups is 2. The zero-order valence-corrected chi connectivity index (χ0v) is 16.6. The number of halogens is 1. The van der Waals surface area contributed by atoms with Gasteiger partial charge >= 0.3 is 6.03 Å². The zero-order valence-electron chi connectivity index (χ0n) is 15.8. The maximum Gasteiger partial charge on any atom is 0.321 e. The maximum absolute atomic E-state index is 12.5. The summed E-state index contributed by atoms with van der Waals surface area (Å²) in [5, 5.41) is 3.57. The second-order valence-electron chi connectivity index (χ2n) is 7.10. The molecular formula is C20H30ClN3O2. The van der Waals surface area contributed by atoms with Crippen LogP contribution in [0, 0.1) is 5.92 Å². The van der Waals surface area contributed by atoms with Gasteiger partial charge in [0.15, 0.2) is 0 Å². The van der Waals surface area contributed by atoms with Gasteiger partial charge < -0.3 is 15.1 Å². The average molecular weight is 380 g/mol. The van der Waals surface area contributed by atoms with Gasteiger partial charge in [0.25, 0.3) is 0 Å². The number of rotatable bonds is 7. The Morgan fingerprint density at radius 1 is 1.31 bits per heavy atom. The van der Waals surface area contributed by atoms with E-state index in [1.54, 1.807) is 24.3 Å². The molecule has 144 valence electrons. The minimum atomic E-state index is -0.0802. The van der Waals surface area contributed by atoms with Gasteiger partial charge in [-0.1, -0.05) is 24.9 Å². The molecule has 1 saturated heterocycles. The Morgan fingerprint density at radius 2 is 2.04 bits per heavy atom. The monoisotopic (exact) mass is 379 g/mol. The molecule has 0 bridgehead atoms. The van der Waals surface area contributed by atoms with E-state index in [0.717, 1.165) is 50.9 Å². The Bertz CT molecular complexity index is 591. The number of piperidine rings is 1. The van der Waals surface area contributed by atoms with Crippen molar-refractivity contribution in [2.75, 3.05) is 32.0 Å². The molecule has 0 unspecified atom stereocenters. The first-order valence-corrected chi connectivity index (χ1v) is 9.93. The van der Waals surface area contributed by atoms with Crippen molar-refractivity contribution in [3.8, 4) is 0 Å². The number of urea groups is 1. The van der Waals surface area contributed by atoms with Crippen LogP contribution in [0.3, 0.4) is 0 Å². The number of hydrogen-bond acceptors (Lipinski definition) is 2. The van der Waals surface area contributed by atoms with E-state index in [4.69, 9.17) is 11.6 Å². The predicted octanol–water partition coefficient (Wildman–Crippen LogP) is 4.62. The van der Waals surface area contributed by atoms with Crippen molar-refractivity contribution in [2.24, 2.45) is 5.92 Å². The number of anilines is 1. The third-order valence-electron chi connectivity index (χ3n) is 4.94. The van der Waals surface area contributed by atoms with Crippen LogP contribution in [0.25, 0.3) is 0 Å². The highest BCUT2D eigenvalue weighted by atomic mass is 35.5. The van der Waals surface area contributed by atoms with E-state index in [1.807, 2.05) is 16.8 Å². The van der Waals surface area contributed by atoms with Crippen LogP contribution in [-0.2, 0) is 4.79 Å². The number of likely N-dealkylation sites (tertiary alicyclic amines) is 1. The van der Waals surface area contributed by atoms with Crippen LogP contribution in [0.1, 0.15) is 45.4 Å². The fourth-order valence-corrected chi connectivity index (χ4v) is 3.39.